The van der Waals surface area contributed by atoms with Crippen LogP contribution in [0.2, 0.25) is 5.02 Å². The number of rotatable bonds is 4. The molecule has 0 spiro atoms. The van der Waals surface area contributed by atoms with E-state index in [1.54, 1.807) is 0 Å². The van der Waals surface area contributed by atoms with Gasteiger partial charge in [0.2, 0.25) is 5.91 Å². The van der Waals surface area contributed by atoms with E-state index in [2.05, 4.69) is 0 Å². The van der Waals surface area contributed by atoms with Gasteiger partial charge in [-0.3, -0.25) is 4.79 Å². The van der Waals surface area contributed by atoms with Gasteiger partial charge >= 0.3 is 0 Å². The Morgan fingerprint density at radius 3 is 2.94 bits per heavy atom. The van der Waals surface area contributed by atoms with Gasteiger partial charge in [-0.15, -0.1) is 0 Å². The summed E-state index contributed by atoms with van der Waals surface area (Å²) >= 11 is 6.17. The van der Waals surface area contributed by atoms with Crippen LogP contribution in [0, 0.1) is 0 Å². The first-order chi connectivity index (χ1) is 8.72. The minimum Gasteiger partial charge on any atom is -0.339 e. The first-order valence-corrected chi connectivity index (χ1v) is 6.83. The van der Waals surface area contributed by atoms with Crippen LogP contribution in [0.3, 0.4) is 0 Å². The van der Waals surface area contributed by atoms with Gasteiger partial charge in [0.1, 0.15) is 0 Å². The molecule has 1 aliphatic rings. The van der Waals surface area contributed by atoms with Gasteiger partial charge in [0.05, 0.1) is 0 Å². The molecule has 1 aliphatic heterocycles. The average Bonchev–Trinajstić information content (AvgIpc) is 2.81. The number of carbonyl (C=O) groups is 1. The van der Waals surface area contributed by atoms with Crippen LogP contribution in [0.4, 0.5) is 0 Å². The van der Waals surface area contributed by atoms with E-state index < -0.39 is 0 Å². The first kappa shape index (κ1) is 13.4. The van der Waals surface area contributed by atoms with Crippen molar-refractivity contribution < 1.29 is 4.79 Å². The van der Waals surface area contributed by atoms with Gasteiger partial charge in [0.25, 0.3) is 0 Å². The molecule has 1 amide bonds. The molecule has 0 radical (unpaired) electrons. The molecule has 3 nitrogen and oxygen atoms in total. The number of benzene rings is 1. The van der Waals surface area contributed by atoms with Gasteiger partial charge < -0.3 is 10.6 Å². The second kappa shape index (κ2) is 6.21. The summed E-state index contributed by atoms with van der Waals surface area (Å²) in [5, 5.41) is 0.788. The highest BCUT2D eigenvalue weighted by atomic mass is 35.5. The van der Waals surface area contributed by atoms with E-state index in [9.17, 15) is 4.79 Å². The standard InChI is InChI=1S/C14H19ClN2O/c15-13-6-2-1-4-11(13)10-12-5-3-9-17(12)14(18)7-8-16/h1-2,4,6,12H,3,5,7-10,16H2. The molecule has 0 saturated carbocycles. The van der Waals surface area contributed by atoms with Crippen molar-refractivity contribution in [2.75, 3.05) is 13.1 Å². The van der Waals surface area contributed by atoms with E-state index in [1.807, 2.05) is 29.2 Å². The summed E-state index contributed by atoms with van der Waals surface area (Å²) < 4.78 is 0. The molecule has 1 aromatic carbocycles. The predicted molar refractivity (Wildman–Crippen MR) is 73.6 cm³/mol. The van der Waals surface area contributed by atoms with Crippen molar-refractivity contribution in [3.63, 3.8) is 0 Å². The lowest BCUT2D eigenvalue weighted by atomic mass is 10.0. The Labute approximate surface area is 113 Å². The summed E-state index contributed by atoms with van der Waals surface area (Å²) in [7, 11) is 0. The van der Waals surface area contributed by atoms with E-state index >= 15 is 0 Å². The van der Waals surface area contributed by atoms with Crippen molar-refractivity contribution in [3.05, 3.63) is 34.9 Å². The van der Waals surface area contributed by atoms with Crippen LogP contribution in [0.1, 0.15) is 24.8 Å². The Morgan fingerprint density at radius 2 is 2.22 bits per heavy atom. The predicted octanol–water partition coefficient (Wildman–Crippen LogP) is 2.22. The largest absolute Gasteiger partial charge is 0.339 e. The average molecular weight is 267 g/mol. The van der Waals surface area contributed by atoms with E-state index in [0.717, 1.165) is 36.4 Å². The summed E-state index contributed by atoms with van der Waals surface area (Å²) in [6.07, 6.45) is 3.42. The molecule has 0 bridgehead atoms. The normalized spacial score (nSPS) is 19.2. The second-order valence-electron chi connectivity index (χ2n) is 4.72. The van der Waals surface area contributed by atoms with Crippen LogP contribution in [0.25, 0.3) is 0 Å². The third-order valence-corrected chi connectivity index (χ3v) is 3.84. The number of halogens is 1. The third-order valence-electron chi connectivity index (χ3n) is 3.47. The first-order valence-electron chi connectivity index (χ1n) is 6.45. The topological polar surface area (TPSA) is 46.3 Å². The van der Waals surface area contributed by atoms with Crippen LogP contribution in [-0.2, 0) is 11.2 Å². The number of carbonyl (C=O) groups excluding carboxylic acids is 1. The quantitative estimate of drug-likeness (QED) is 0.908. The molecule has 1 fully saturated rings. The fourth-order valence-electron chi connectivity index (χ4n) is 2.56. The molecule has 1 heterocycles. The molecule has 1 saturated heterocycles. The summed E-state index contributed by atoms with van der Waals surface area (Å²) in [6.45, 7) is 1.28. The Balaban J connectivity index is 2.04. The summed E-state index contributed by atoms with van der Waals surface area (Å²) in [5.41, 5.74) is 6.57. The van der Waals surface area contributed by atoms with Gasteiger partial charge in [-0.1, -0.05) is 29.8 Å². The number of nitrogens with zero attached hydrogens (tertiary/aromatic N) is 1. The van der Waals surface area contributed by atoms with E-state index in [1.165, 1.54) is 0 Å². The number of nitrogens with two attached hydrogens (primary N) is 1. The van der Waals surface area contributed by atoms with E-state index in [4.69, 9.17) is 17.3 Å². The van der Waals surface area contributed by atoms with Crippen molar-refractivity contribution in [3.8, 4) is 0 Å². The van der Waals surface area contributed by atoms with Crippen LogP contribution in [0.15, 0.2) is 24.3 Å². The summed E-state index contributed by atoms with van der Waals surface area (Å²) in [5.74, 6) is 0.173. The molecule has 18 heavy (non-hydrogen) atoms. The zero-order chi connectivity index (χ0) is 13.0. The number of amides is 1. The SMILES string of the molecule is NCCC(=O)N1CCCC1Cc1ccccc1Cl. The Hall–Kier alpha value is -1.06. The van der Waals surface area contributed by atoms with Gasteiger partial charge in [-0.25, -0.2) is 0 Å². The third kappa shape index (κ3) is 3.03. The second-order valence-corrected chi connectivity index (χ2v) is 5.12. The number of likely N-dealkylation sites (tertiary alicyclic amines) is 1. The van der Waals surface area contributed by atoms with Gasteiger partial charge in [0.15, 0.2) is 0 Å². The molecule has 1 aromatic rings. The van der Waals surface area contributed by atoms with Crippen molar-refractivity contribution in [1.29, 1.82) is 0 Å². The van der Waals surface area contributed by atoms with Crippen LogP contribution in [0.5, 0.6) is 0 Å². The fourth-order valence-corrected chi connectivity index (χ4v) is 2.77. The van der Waals surface area contributed by atoms with Crippen LogP contribution in [-0.4, -0.2) is 29.9 Å². The van der Waals surface area contributed by atoms with Crippen molar-refractivity contribution in [1.82, 2.24) is 4.90 Å². The Morgan fingerprint density at radius 1 is 1.44 bits per heavy atom. The minimum atomic E-state index is 0.173. The van der Waals surface area contributed by atoms with Gasteiger partial charge in [-0.2, -0.15) is 0 Å². The Kier molecular flexibility index (Phi) is 4.61. The maximum absolute atomic E-state index is 11.9. The lowest BCUT2D eigenvalue weighted by Crippen LogP contribution is -2.37. The van der Waals surface area contributed by atoms with Crippen molar-refractivity contribution in [2.45, 2.75) is 31.7 Å². The summed E-state index contributed by atoms with van der Waals surface area (Å²) in [6, 6.07) is 8.13. The highest BCUT2D eigenvalue weighted by molar-refractivity contribution is 6.31. The maximum Gasteiger partial charge on any atom is 0.224 e. The van der Waals surface area contributed by atoms with E-state index in [-0.39, 0.29) is 11.9 Å². The lowest BCUT2D eigenvalue weighted by molar-refractivity contribution is -0.131. The molecular weight excluding hydrogens is 248 g/mol. The smallest absolute Gasteiger partial charge is 0.224 e. The fraction of sp³-hybridized carbons (Fsp3) is 0.500. The van der Waals surface area contributed by atoms with Crippen LogP contribution >= 0.6 is 11.6 Å². The number of hydrogen-bond acceptors (Lipinski definition) is 2. The molecule has 1 atom stereocenters. The zero-order valence-corrected chi connectivity index (χ0v) is 11.2. The molecule has 4 heteroatoms. The zero-order valence-electron chi connectivity index (χ0n) is 10.4. The lowest BCUT2D eigenvalue weighted by Gasteiger charge is -2.25. The number of hydrogen-bond donors (Lipinski definition) is 1. The molecule has 1 unspecified atom stereocenters. The van der Waals surface area contributed by atoms with Crippen molar-refractivity contribution in [2.24, 2.45) is 5.73 Å². The molecule has 0 aliphatic carbocycles. The molecule has 0 aromatic heterocycles. The molecule has 2 rings (SSSR count). The molecule has 98 valence electrons. The van der Waals surface area contributed by atoms with Gasteiger partial charge in [0, 0.05) is 30.6 Å². The van der Waals surface area contributed by atoms with E-state index in [0.29, 0.717) is 13.0 Å². The monoisotopic (exact) mass is 266 g/mol. The summed E-state index contributed by atoms with van der Waals surface area (Å²) in [4.78, 5) is 13.9. The van der Waals surface area contributed by atoms with Crippen LogP contribution < -0.4 is 5.73 Å². The van der Waals surface area contributed by atoms with Gasteiger partial charge in [-0.05, 0) is 30.9 Å². The highest BCUT2D eigenvalue weighted by Crippen LogP contribution is 2.25. The maximum atomic E-state index is 11.9. The highest BCUT2D eigenvalue weighted by Gasteiger charge is 2.28. The molecule has 2 N–H and O–H groups in total. The minimum absolute atomic E-state index is 0.173. The van der Waals surface area contributed by atoms with Crippen molar-refractivity contribution >= 4 is 17.5 Å². The molecular formula is C14H19ClN2O. The Bertz CT molecular complexity index is 422.